The molecule has 1 atom stereocenters. The first-order valence-electron chi connectivity index (χ1n) is 9.22. The molecule has 0 unspecified atom stereocenters. The van der Waals surface area contributed by atoms with Crippen LogP contribution < -0.4 is 0 Å². The Labute approximate surface area is 145 Å². The lowest BCUT2D eigenvalue weighted by atomic mass is 9.82. The Bertz CT molecular complexity index is 538. The summed E-state index contributed by atoms with van der Waals surface area (Å²) in [5, 5.41) is 0. The van der Waals surface area contributed by atoms with Gasteiger partial charge in [0.05, 0.1) is 5.60 Å². The molecule has 1 amide bonds. The number of hydrogen-bond donors (Lipinski definition) is 0. The minimum absolute atomic E-state index is 0.00409. The van der Waals surface area contributed by atoms with E-state index >= 15 is 0 Å². The van der Waals surface area contributed by atoms with Crippen LogP contribution in [0.15, 0.2) is 30.3 Å². The van der Waals surface area contributed by atoms with Gasteiger partial charge in [0.1, 0.15) is 0 Å². The van der Waals surface area contributed by atoms with Crippen molar-refractivity contribution in [2.24, 2.45) is 0 Å². The predicted molar refractivity (Wildman–Crippen MR) is 96.0 cm³/mol. The van der Waals surface area contributed by atoms with Crippen molar-refractivity contribution < 1.29 is 9.53 Å². The molecule has 0 bridgehead atoms. The van der Waals surface area contributed by atoms with Crippen molar-refractivity contribution in [3.8, 4) is 0 Å². The zero-order valence-corrected chi connectivity index (χ0v) is 15.0. The average Bonchev–Trinajstić information content (AvgIpc) is 2.61. The van der Waals surface area contributed by atoms with E-state index in [-0.39, 0.29) is 11.5 Å². The highest BCUT2D eigenvalue weighted by atomic mass is 16.5. The Hall–Kier alpha value is -1.39. The summed E-state index contributed by atoms with van der Waals surface area (Å²) in [5.41, 5.74) is 1.41. The Morgan fingerprint density at radius 3 is 2.67 bits per heavy atom. The number of nitrogens with zero attached hydrogens (tertiary/aromatic N) is 2. The van der Waals surface area contributed by atoms with Crippen LogP contribution in [0, 0.1) is 0 Å². The normalized spacial score (nSPS) is 24.0. The van der Waals surface area contributed by atoms with Gasteiger partial charge in [0, 0.05) is 46.3 Å². The summed E-state index contributed by atoms with van der Waals surface area (Å²) in [5.74, 6) is 0.164. The van der Waals surface area contributed by atoms with E-state index in [0.717, 1.165) is 58.3 Å². The van der Waals surface area contributed by atoms with Crippen molar-refractivity contribution in [2.75, 3.05) is 33.3 Å². The number of piperidine rings is 1. The van der Waals surface area contributed by atoms with E-state index in [1.54, 1.807) is 6.92 Å². The summed E-state index contributed by atoms with van der Waals surface area (Å²) in [7, 11) is 1.93. The van der Waals surface area contributed by atoms with Gasteiger partial charge >= 0.3 is 0 Å². The molecule has 3 rings (SSSR count). The summed E-state index contributed by atoms with van der Waals surface area (Å²) in [6.07, 6.45) is 5.25. The van der Waals surface area contributed by atoms with Gasteiger partial charge in [-0.05, 0) is 37.7 Å². The third-order valence-electron chi connectivity index (χ3n) is 5.84. The Morgan fingerprint density at radius 1 is 1.29 bits per heavy atom. The van der Waals surface area contributed by atoms with Crippen molar-refractivity contribution in [3.05, 3.63) is 35.9 Å². The quantitative estimate of drug-likeness (QED) is 0.851. The number of ether oxygens (including phenoxy) is 1. The van der Waals surface area contributed by atoms with Crippen LogP contribution in [0.25, 0.3) is 0 Å². The second kappa shape index (κ2) is 7.66. The zero-order valence-electron chi connectivity index (χ0n) is 15.0. The van der Waals surface area contributed by atoms with E-state index in [1.165, 1.54) is 5.56 Å². The van der Waals surface area contributed by atoms with E-state index in [1.807, 2.05) is 11.9 Å². The molecule has 2 fully saturated rings. The molecule has 132 valence electrons. The third kappa shape index (κ3) is 4.17. The van der Waals surface area contributed by atoms with Crippen LogP contribution in [0.3, 0.4) is 0 Å². The second-order valence-corrected chi connectivity index (χ2v) is 7.39. The van der Waals surface area contributed by atoms with E-state index in [2.05, 4.69) is 35.2 Å². The maximum atomic E-state index is 11.7. The molecule has 24 heavy (non-hydrogen) atoms. The molecular formula is C20H30N2O2. The second-order valence-electron chi connectivity index (χ2n) is 7.39. The fourth-order valence-corrected chi connectivity index (χ4v) is 4.05. The van der Waals surface area contributed by atoms with Crippen molar-refractivity contribution in [1.82, 2.24) is 9.80 Å². The van der Waals surface area contributed by atoms with Crippen LogP contribution in [0.4, 0.5) is 0 Å². The first kappa shape index (κ1) is 17.4. The van der Waals surface area contributed by atoms with Gasteiger partial charge in [-0.2, -0.15) is 0 Å². The van der Waals surface area contributed by atoms with Crippen LogP contribution >= 0.6 is 0 Å². The van der Waals surface area contributed by atoms with Crippen molar-refractivity contribution in [3.63, 3.8) is 0 Å². The van der Waals surface area contributed by atoms with Crippen LogP contribution in [-0.2, 0) is 16.0 Å². The SMILES string of the molecule is CC(=O)N(C)[C@@H]1CCOC2(CCN(CCc3ccccc3)CC2)C1. The molecule has 2 aliphatic heterocycles. The zero-order chi connectivity index (χ0) is 17.0. The smallest absolute Gasteiger partial charge is 0.219 e. The topological polar surface area (TPSA) is 32.8 Å². The summed E-state index contributed by atoms with van der Waals surface area (Å²) in [6, 6.07) is 11.1. The first-order chi connectivity index (χ1) is 11.6. The summed E-state index contributed by atoms with van der Waals surface area (Å²) in [6.45, 7) is 5.77. The van der Waals surface area contributed by atoms with Gasteiger partial charge in [-0.1, -0.05) is 30.3 Å². The molecule has 0 radical (unpaired) electrons. The van der Waals surface area contributed by atoms with Crippen molar-refractivity contribution >= 4 is 5.91 Å². The van der Waals surface area contributed by atoms with Crippen LogP contribution in [0.1, 0.15) is 38.2 Å². The van der Waals surface area contributed by atoms with E-state index in [9.17, 15) is 4.79 Å². The van der Waals surface area contributed by atoms with Gasteiger partial charge in [0.2, 0.25) is 5.91 Å². The van der Waals surface area contributed by atoms with Gasteiger partial charge in [-0.3, -0.25) is 4.79 Å². The Kier molecular flexibility index (Phi) is 5.57. The molecule has 2 saturated heterocycles. The molecular weight excluding hydrogens is 300 g/mol. The molecule has 1 spiro atoms. The fraction of sp³-hybridized carbons (Fsp3) is 0.650. The summed E-state index contributed by atoms with van der Waals surface area (Å²) >= 11 is 0. The standard InChI is InChI=1S/C20H30N2O2/c1-17(23)21(2)19-9-15-24-20(16-19)10-13-22(14-11-20)12-8-18-6-4-3-5-7-18/h3-7,19H,8-16H2,1-2H3/t19-/m1/s1. The highest BCUT2D eigenvalue weighted by Gasteiger charge is 2.41. The number of likely N-dealkylation sites (tertiary alicyclic amines) is 1. The molecule has 1 aromatic rings. The summed E-state index contributed by atoms with van der Waals surface area (Å²) in [4.78, 5) is 16.1. The van der Waals surface area contributed by atoms with E-state index < -0.39 is 0 Å². The largest absolute Gasteiger partial charge is 0.375 e. The molecule has 2 aliphatic rings. The molecule has 0 N–H and O–H groups in total. The number of carbonyl (C=O) groups is 1. The fourth-order valence-electron chi connectivity index (χ4n) is 4.05. The number of hydrogen-bond acceptors (Lipinski definition) is 3. The van der Waals surface area contributed by atoms with E-state index in [0.29, 0.717) is 6.04 Å². The number of benzene rings is 1. The molecule has 2 heterocycles. The molecule has 0 aliphatic carbocycles. The lowest BCUT2D eigenvalue weighted by molar-refractivity contribution is -0.146. The number of carbonyl (C=O) groups excluding carboxylic acids is 1. The maximum Gasteiger partial charge on any atom is 0.219 e. The monoisotopic (exact) mass is 330 g/mol. The van der Waals surface area contributed by atoms with Gasteiger partial charge in [-0.15, -0.1) is 0 Å². The summed E-state index contributed by atoms with van der Waals surface area (Å²) < 4.78 is 6.21. The highest BCUT2D eigenvalue weighted by Crippen LogP contribution is 2.36. The van der Waals surface area contributed by atoms with Crippen LogP contribution in [0.2, 0.25) is 0 Å². The Balaban J connectivity index is 1.49. The van der Waals surface area contributed by atoms with Gasteiger partial charge < -0.3 is 14.5 Å². The lowest BCUT2D eigenvalue weighted by Crippen LogP contribution is -2.53. The number of rotatable bonds is 4. The van der Waals surface area contributed by atoms with Crippen LogP contribution in [-0.4, -0.2) is 60.6 Å². The lowest BCUT2D eigenvalue weighted by Gasteiger charge is -2.47. The number of amides is 1. The molecule has 4 heteroatoms. The maximum absolute atomic E-state index is 11.7. The van der Waals surface area contributed by atoms with Crippen molar-refractivity contribution in [1.29, 1.82) is 0 Å². The van der Waals surface area contributed by atoms with Gasteiger partial charge in [0.25, 0.3) is 0 Å². The van der Waals surface area contributed by atoms with Gasteiger partial charge in [0.15, 0.2) is 0 Å². The van der Waals surface area contributed by atoms with Crippen LogP contribution in [0.5, 0.6) is 0 Å². The van der Waals surface area contributed by atoms with Gasteiger partial charge in [-0.25, -0.2) is 0 Å². The minimum atomic E-state index is -0.00409. The minimum Gasteiger partial charge on any atom is -0.375 e. The molecule has 0 saturated carbocycles. The highest BCUT2D eigenvalue weighted by molar-refractivity contribution is 5.73. The molecule has 0 aromatic heterocycles. The first-order valence-corrected chi connectivity index (χ1v) is 9.22. The van der Waals surface area contributed by atoms with Crippen molar-refractivity contribution in [2.45, 2.75) is 50.7 Å². The average molecular weight is 330 g/mol. The predicted octanol–water partition coefficient (Wildman–Crippen LogP) is 2.72. The molecule has 1 aromatic carbocycles. The molecule has 4 nitrogen and oxygen atoms in total. The third-order valence-corrected chi connectivity index (χ3v) is 5.84. The van der Waals surface area contributed by atoms with E-state index in [4.69, 9.17) is 4.74 Å². The Morgan fingerprint density at radius 2 is 2.00 bits per heavy atom.